The molecule has 2 aliphatic rings. The van der Waals surface area contributed by atoms with Crippen molar-refractivity contribution < 1.29 is 28.1 Å². The molecule has 0 unspecified atom stereocenters. The highest BCUT2D eigenvalue weighted by Crippen LogP contribution is 2.40. The number of halogens is 1. The van der Waals surface area contributed by atoms with Gasteiger partial charge in [0.15, 0.2) is 18.2 Å². The summed E-state index contributed by atoms with van der Waals surface area (Å²) >= 11 is 0. The lowest BCUT2D eigenvalue weighted by atomic mass is 10.1. The number of esters is 1. The summed E-state index contributed by atoms with van der Waals surface area (Å²) in [5, 5.41) is 0. The van der Waals surface area contributed by atoms with Crippen molar-refractivity contribution in [3.63, 3.8) is 0 Å². The minimum atomic E-state index is -1.36. The van der Waals surface area contributed by atoms with Gasteiger partial charge in [-0.05, 0) is 20.3 Å². The Morgan fingerprint density at radius 3 is 2.61 bits per heavy atom. The quantitative estimate of drug-likeness (QED) is 0.722. The number of carbonyl (C=O) groups excluding carboxylic acids is 1. The molecule has 0 saturated carbocycles. The molecule has 2 fully saturated rings. The summed E-state index contributed by atoms with van der Waals surface area (Å²) < 4.78 is 35.7. The van der Waals surface area contributed by atoms with Crippen LogP contribution in [-0.2, 0) is 23.7 Å². The molecule has 5 nitrogen and oxygen atoms in total. The van der Waals surface area contributed by atoms with E-state index >= 15 is 0 Å². The summed E-state index contributed by atoms with van der Waals surface area (Å²) in [6.07, 6.45) is -3.81. The van der Waals surface area contributed by atoms with Crippen LogP contribution in [0.1, 0.15) is 34.1 Å². The van der Waals surface area contributed by atoms with E-state index in [9.17, 15) is 9.18 Å². The minimum Gasteiger partial charge on any atom is -0.460 e. The third-order valence-corrected chi connectivity index (χ3v) is 3.09. The summed E-state index contributed by atoms with van der Waals surface area (Å²) in [6.45, 7) is 6.52. The molecule has 0 radical (unpaired) electrons. The maximum Gasteiger partial charge on any atom is 0.302 e. The van der Waals surface area contributed by atoms with Crippen LogP contribution < -0.4 is 0 Å². The molecule has 0 aliphatic carbocycles. The first-order valence-electron chi connectivity index (χ1n) is 6.16. The Hall–Kier alpha value is -0.720. The highest BCUT2D eigenvalue weighted by Gasteiger charge is 2.57. The van der Waals surface area contributed by atoms with Crippen LogP contribution in [-0.4, -0.2) is 42.5 Å². The largest absolute Gasteiger partial charge is 0.460 e. The lowest BCUT2D eigenvalue weighted by Crippen LogP contribution is -2.40. The molecule has 0 spiro atoms. The topological polar surface area (TPSA) is 54.0 Å². The minimum absolute atomic E-state index is 0.447. The maximum absolute atomic E-state index is 14.3. The number of alkyl halides is 1. The molecule has 5 atom stereocenters. The van der Waals surface area contributed by atoms with Gasteiger partial charge in [0.1, 0.15) is 18.3 Å². The molecule has 2 heterocycles. The van der Waals surface area contributed by atoms with Crippen molar-refractivity contribution in [2.24, 2.45) is 0 Å². The smallest absolute Gasteiger partial charge is 0.302 e. The fourth-order valence-electron chi connectivity index (χ4n) is 2.38. The molecule has 2 rings (SSSR count). The Balaban J connectivity index is 2.04. The number of rotatable bonds is 3. The van der Waals surface area contributed by atoms with Crippen LogP contribution in [0.15, 0.2) is 0 Å². The molecule has 18 heavy (non-hydrogen) atoms. The van der Waals surface area contributed by atoms with Crippen molar-refractivity contribution in [2.75, 3.05) is 0 Å². The molecule has 2 aliphatic heterocycles. The first-order valence-corrected chi connectivity index (χ1v) is 6.16. The average Bonchev–Trinajstić information content (AvgIpc) is 2.70. The summed E-state index contributed by atoms with van der Waals surface area (Å²) in [4.78, 5) is 11.0. The van der Waals surface area contributed by atoms with Crippen LogP contribution in [0.4, 0.5) is 4.39 Å². The van der Waals surface area contributed by atoms with E-state index in [1.165, 1.54) is 6.92 Å². The molecular weight excluding hydrogens is 243 g/mol. The molecule has 0 N–H and O–H groups in total. The highest BCUT2D eigenvalue weighted by molar-refractivity contribution is 5.66. The van der Waals surface area contributed by atoms with Crippen LogP contribution in [0.2, 0.25) is 0 Å². The summed E-state index contributed by atoms with van der Waals surface area (Å²) in [6, 6.07) is 0. The van der Waals surface area contributed by atoms with Crippen molar-refractivity contribution in [1.29, 1.82) is 0 Å². The highest BCUT2D eigenvalue weighted by atomic mass is 19.1. The van der Waals surface area contributed by atoms with E-state index < -0.39 is 42.5 Å². The Labute approximate surface area is 106 Å². The van der Waals surface area contributed by atoms with E-state index in [2.05, 4.69) is 0 Å². The Bertz CT molecular complexity index is 332. The van der Waals surface area contributed by atoms with Crippen molar-refractivity contribution in [1.82, 2.24) is 0 Å². The molecule has 0 aromatic heterocycles. The van der Waals surface area contributed by atoms with E-state index in [1.54, 1.807) is 13.8 Å². The van der Waals surface area contributed by atoms with E-state index in [1.807, 2.05) is 6.92 Å². The van der Waals surface area contributed by atoms with Gasteiger partial charge in [-0.1, -0.05) is 6.92 Å². The van der Waals surface area contributed by atoms with Gasteiger partial charge in [0.2, 0.25) is 0 Å². The Morgan fingerprint density at radius 1 is 1.44 bits per heavy atom. The normalized spacial score (nSPS) is 39.4. The fourth-order valence-corrected chi connectivity index (χ4v) is 2.38. The van der Waals surface area contributed by atoms with Crippen LogP contribution in [0.3, 0.4) is 0 Å². The first-order chi connectivity index (χ1) is 8.34. The van der Waals surface area contributed by atoms with Gasteiger partial charge in [-0.2, -0.15) is 0 Å². The van der Waals surface area contributed by atoms with Crippen LogP contribution >= 0.6 is 0 Å². The van der Waals surface area contributed by atoms with Gasteiger partial charge >= 0.3 is 5.97 Å². The second-order valence-electron chi connectivity index (χ2n) is 5.07. The lowest BCUT2D eigenvalue weighted by molar-refractivity contribution is -0.224. The molecule has 0 bridgehead atoms. The molecule has 0 aromatic rings. The Morgan fingerprint density at radius 2 is 2.11 bits per heavy atom. The third kappa shape index (κ3) is 2.50. The average molecular weight is 262 g/mol. The zero-order valence-electron chi connectivity index (χ0n) is 11.0. The van der Waals surface area contributed by atoms with E-state index in [-0.39, 0.29) is 0 Å². The van der Waals surface area contributed by atoms with Gasteiger partial charge in [-0.15, -0.1) is 0 Å². The second-order valence-corrected chi connectivity index (χ2v) is 5.07. The summed E-state index contributed by atoms with van der Waals surface area (Å²) in [5.41, 5.74) is 0. The van der Waals surface area contributed by atoms with Crippen molar-refractivity contribution in [3.8, 4) is 0 Å². The van der Waals surface area contributed by atoms with E-state index in [0.717, 1.165) is 0 Å². The monoisotopic (exact) mass is 262 g/mol. The zero-order valence-corrected chi connectivity index (χ0v) is 11.0. The van der Waals surface area contributed by atoms with Crippen molar-refractivity contribution in [2.45, 2.75) is 70.7 Å². The van der Waals surface area contributed by atoms with Gasteiger partial charge in [0.25, 0.3) is 0 Å². The van der Waals surface area contributed by atoms with E-state index in [0.29, 0.717) is 6.42 Å². The third-order valence-electron chi connectivity index (χ3n) is 3.09. The zero-order chi connectivity index (χ0) is 13.5. The van der Waals surface area contributed by atoms with Gasteiger partial charge in [-0.3, -0.25) is 4.79 Å². The maximum atomic E-state index is 14.3. The fraction of sp³-hybridized carbons (Fsp3) is 0.917. The van der Waals surface area contributed by atoms with Crippen molar-refractivity contribution in [3.05, 3.63) is 0 Å². The number of hydrogen-bond acceptors (Lipinski definition) is 5. The van der Waals surface area contributed by atoms with Crippen molar-refractivity contribution >= 4 is 5.97 Å². The molecule has 2 saturated heterocycles. The van der Waals surface area contributed by atoms with Gasteiger partial charge in [0, 0.05) is 6.92 Å². The van der Waals surface area contributed by atoms with E-state index in [4.69, 9.17) is 18.9 Å². The number of fused-ring (bicyclic) bond motifs is 1. The lowest BCUT2D eigenvalue weighted by Gasteiger charge is -2.26. The molecule has 0 aromatic carbocycles. The van der Waals surface area contributed by atoms with Crippen LogP contribution in [0.5, 0.6) is 0 Å². The second kappa shape index (κ2) is 4.75. The van der Waals surface area contributed by atoms with Gasteiger partial charge in [0.05, 0.1) is 0 Å². The number of carbonyl (C=O) groups is 1. The molecule has 104 valence electrons. The number of hydrogen-bond donors (Lipinski definition) is 0. The number of ether oxygens (including phenoxy) is 4. The molecular formula is C12H19FO5. The van der Waals surface area contributed by atoms with Crippen LogP contribution in [0.25, 0.3) is 0 Å². The van der Waals surface area contributed by atoms with Crippen LogP contribution in [0, 0.1) is 0 Å². The molecule has 0 amide bonds. The van der Waals surface area contributed by atoms with Gasteiger partial charge < -0.3 is 18.9 Å². The molecule has 6 heteroatoms. The summed E-state index contributed by atoms with van der Waals surface area (Å²) in [7, 11) is 0. The predicted octanol–water partition coefficient (Wildman–Crippen LogP) is 1.54. The Kier molecular flexibility index (Phi) is 3.62. The summed E-state index contributed by atoms with van der Waals surface area (Å²) in [5.74, 6) is -1.29. The standard InChI is InChI=1S/C12H19FO5/c1-5-7(15-6(2)14)9-8(13)10-11(16-9)18-12(3,4)17-10/h7-11H,5H2,1-4H3/t7-,8-,9+,10+,11+/m0/s1. The van der Waals surface area contributed by atoms with Gasteiger partial charge in [-0.25, -0.2) is 4.39 Å². The first kappa shape index (κ1) is 13.7. The predicted molar refractivity (Wildman–Crippen MR) is 59.4 cm³/mol. The SMILES string of the molecule is CC[C@H](OC(C)=O)[C@H]1O[C@@H]2OC(C)(C)O[C@@H]2[C@H]1F.